The molecule has 1 saturated carbocycles. The van der Waals surface area contributed by atoms with Crippen LogP contribution in [-0.4, -0.2) is 27.7 Å². The SMILES string of the molecule is CCOC(=O)C[C@H]1CCCC(=O)[C@@H]1c1ccc(S(=O)#CO)cc1. The van der Waals surface area contributed by atoms with Gasteiger partial charge < -0.3 is 9.84 Å². The van der Waals surface area contributed by atoms with Crippen molar-refractivity contribution in [3.63, 3.8) is 0 Å². The lowest BCUT2D eigenvalue weighted by molar-refractivity contribution is -0.144. The molecule has 0 saturated heterocycles. The fourth-order valence-electron chi connectivity index (χ4n) is 3.09. The summed E-state index contributed by atoms with van der Waals surface area (Å²) >= 11 is 0. The third-order valence-corrected chi connectivity index (χ3v) is 4.95. The minimum Gasteiger partial charge on any atom is -0.466 e. The van der Waals surface area contributed by atoms with Crippen LogP contribution in [0, 0.1) is 11.3 Å². The van der Waals surface area contributed by atoms with E-state index >= 15 is 0 Å². The van der Waals surface area contributed by atoms with E-state index in [1.165, 1.54) is 0 Å². The summed E-state index contributed by atoms with van der Waals surface area (Å²) in [6.07, 6.45) is 2.34. The summed E-state index contributed by atoms with van der Waals surface area (Å²) < 4.78 is 16.5. The Morgan fingerprint density at radius 2 is 2.09 bits per heavy atom. The molecular weight excluding hydrogens is 316 g/mol. The van der Waals surface area contributed by atoms with Gasteiger partial charge in [-0.1, -0.05) is 12.1 Å². The molecule has 124 valence electrons. The van der Waals surface area contributed by atoms with E-state index in [0.717, 1.165) is 18.4 Å². The monoisotopic (exact) mass is 336 g/mol. The largest absolute Gasteiger partial charge is 0.466 e. The molecule has 1 aliphatic rings. The van der Waals surface area contributed by atoms with Gasteiger partial charge in [0.1, 0.15) is 5.78 Å². The lowest BCUT2D eigenvalue weighted by Gasteiger charge is -2.30. The minimum atomic E-state index is -1.69. The summed E-state index contributed by atoms with van der Waals surface area (Å²) in [6.45, 7) is 2.09. The first-order chi connectivity index (χ1) is 11.1. The molecule has 0 unspecified atom stereocenters. The van der Waals surface area contributed by atoms with Crippen molar-refractivity contribution < 1.29 is 23.6 Å². The number of hydrogen-bond donors (Lipinski definition) is 1. The van der Waals surface area contributed by atoms with Crippen LogP contribution in [0.2, 0.25) is 0 Å². The van der Waals surface area contributed by atoms with Crippen LogP contribution < -0.4 is 0 Å². The number of aliphatic hydroxyl groups is 1. The predicted octanol–water partition coefficient (Wildman–Crippen LogP) is 2.49. The van der Waals surface area contributed by atoms with Gasteiger partial charge in [0.15, 0.2) is 0 Å². The smallest absolute Gasteiger partial charge is 0.306 e. The van der Waals surface area contributed by atoms with Crippen molar-refractivity contribution in [2.75, 3.05) is 6.61 Å². The Morgan fingerprint density at radius 3 is 2.70 bits per heavy atom. The van der Waals surface area contributed by atoms with Gasteiger partial charge in [0.25, 0.3) is 0 Å². The molecular formula is C17H20O5S. The van der Waals surface area contributed by atoms with E-state index < -0.39 is 10.2 Å². The number of ether oxygens (including phenoxy) is 1. The molecule has 0 aromatic heterocycles. The molecule has 23 heavy (non-hydrogen) atoms. The molecule has 0 radical (unpaired) electrons. The second-order valence-electron chi connectivity index (χ2n) is 5.53. The molecule has 1 aliphatic carbocycles. The van der Waals surface area contributed by atoms with Gasteiger partial charge in [0.05, 0.1) is 27.1 Å². The first-order valence-corrected chi connectivity index (χ1v) is 8.81. The number of carbonyl (C=O) groups is 2. The normalized spacial score (nSPS) is 20.7. The number of hydrogen-bond acceptors (Lipinski definition) is 5. The van der Waals surface area contributed by atoms with Crippen LogP contribution in [0.25, 0.3) is 0 Å². The number of esters is 1. The van der Waals surface area contributed by atoms with E-state index in [1.54, 1.807) is 36.6 Å². The molecule has 1 aromatic carbocycles. The lowest BCUT2D eigenvalue weighted by Crippen LogP contribution is -2.28. The molecule has 0 heterocycles. The summed E-state index contributed by atoms with van der Waals surface area (Å²) in [7, 11) is -1.69. The summed E-state index contributed by atoms with van der Waals surface area (Å²) in [6, 6.07) is 6.68. The highest BCUT2D eigenvalue weighted by molar-refractivity contribution is 7.74. The Bertz CT molecular complexity index is 714. The third kappa shape index (κ3) is 4.32. The summed E-state index contributed by atoms with van der Waals surface area (Å²) in [4.78, 5) is 24.5. The summed E-state index contributed by atoms with van der Waals surface area (Å²) in [5.41, 5.74) is 0.808. The number of ketones is 1. The Kier molecular flexibility index (Phi) is 6.16. The first kappa shape index (κ1) is 17.5. The second kappa shape index (κ2) is 8.11. The Balaban J connectivity index is 2.24. The predicted molar refractivity (Wildman–Crippen MR) is 85.0 cm³/mol. The van der Waals surface area contributed by atoms with Crippen molar-refractivity contribution >= 4 is 22.0 Å². The van der Waals surface area contributed by atoms with Crippen molar-refractivity contribution in [2.24, 2.45) is 5.92 Å². The zero-order valence-electron chi connectivity index (χ0n) is 13.0. The first-order valence-electron chi connectivity index (χ1n) is 7.66. The van der Waals surface area contributed by atoms with Crippen LogP contribution in [0.1, 0.15) is 44.1 Å². The standard InChI is InChI=1S/C17H20O5S/c1-2-22-16(20)10-13-4-3-5-15(19)17(13)12-6-8-14(9-7-12)23(21)11-18/h6-9,13,17-18H,2-5,10H2,1H3/t13-,17-/m1/s1. The van der Waals surface area contributed by atoms with Crippen LogP contribution >= 0.6 is 0 Å². The molecule has 1 aromatic rings. The fourth-order valence-corrected chi connectivity index (χ4v) is 3.58. The number of carbonyl (C=O) groups excluding carboxylic acids is 2. The number of rotatable bonds is 4. The van der Waals surface area contributed by atoms with Gasteiger partial charge in [-0.15, -0.1) is 0 Å². The quantitative estimate of drug-likeness (QED) is 0.855. The third-order valence-electron chi connectivity index (χ3n) is 4.09. The van der Waals surface area contributed by atoms with Gasteiger partial charge in [0.2, 0.25) is 0 Å². The van der Waals surface area contributed by atoms with Gasteiger partial charge in [-0.05, 0) is 43.4 Å². The van der Waals surface area contributed by atoms with Gasteiger partial charge in [-0.25, -0.2) is 4.21 Å². The van der Waals surface area contributed by atoms with E-state index in [0.29, 0.717) is 17.9 Å². The average Bonchev–Trinajstić information content (AvgIpc) is 2.55. The van der Waals surface area contributed by atoms with Gasteiger partial charge >= 0.3 is 5.97 Å². The highest BCUT2D eigenvalue weighted by atomic mass is 32.2. The van der Waals surface area contributed by atoms with Crippen molar-refractivity contribution in [3.05, 3.63) is 29.8 Å². The van der Waals surface area contributed by atoms with Gasteiger partial charge in [-0.2, -0.15) is 0 Å². The van der Waals surface area contributed by atoms with E-state index in [-0.39, 0.29) is 30.0 Å². The summed E-state index contributed by atoms with van der Waals surface area (Å²) in [5, 5.41) is 10.4. The highest BCUT2D eigenvalue weighted by Crippen LogP contribution is 2.37. The zero-order valence-corrected chi connectivity index (χ0v) is 13.8. The van der Waals surface area contributed by atoms with E-state index in [4.69, 9.17) is 9.84 Å². The van der Waals surface area contributed by atoms with Crippen molar-refractivity contribution in [3.8, 4) is 5.37 Å². The number of Topliss-reactive ketones (excluding diaryl/α,β-unsaturated/α-hetero) is 1. The molecule has 0 spiro atoms. The van der Waals surface area contributed by atoms with Gasteiger partial charge in [0, 0.05) is 18.8 Å². The van der Waals surface area contributed by atoms with Crippen molar-refractivity contribution in [1.29, 1.82) is 0 Å². The molecule has 1 fully saturated rings. The molecule has 2 atom stereocenters. The Morgan fingerprint density at radius 1 is 1.39 bits per heavy atom. The van der Waals surface area contributed by atoms with E-state index in [2.05, 4.69) is 0 Å². The fraction of sp³-hybridized carbons (Fsp3) is 0.471. The summed E-state index contributed by atoms with van der Waals surface area (Å²) in [5.74, 6) is -0.556. The van der Waals surface area contributed by atoms with E-state index in [9.17, 15) is 13.8 Å². The molecule has 0 bridgehead atoms. The molecule has 0 amide bonds. The number of aliphatic hydroxyl groups excluding tert-OH is 1. The number of benzene rings is 1. The van der Waals surface area contributed by atoms with Crippen LogP contribution in [0.4, 0.5) is 0 Å². The van der Waals surface area contributed by atoms with Crippen molar-refractivity contribution in [1.82, 2.24) is 0 Å². The Labute approximate surface area is 137 Å². The van der Waals surface area contributed by atoms with Crippen molar-refractivity contribution in [2.45, 2.75) is 43.4 Å². The minimum absolute atomic E-state index is 0.0670. The molecule has 2 rings (SSSR count). The van der Waals surface area contributed by atoms with Crippen LogP contribution in [0.3, 0.4) is 0 Å². The lowest BCUT2D eigenvalue weighted by atomic mass is 9.73. The maximum atomic E-state index is 12.4. The van der Waals surface area contributed by atoms with Crippen LogP contribution in [-0.2, 0) is 24.5 Å². The van der Waals surface area contributed by atoms with Crippen LogP contribution in [0.5, 0.6) is 0 Å². The average molecular weight is 336 g/mol. The van der Waals surface area contributed by atoms with E-state index in [1.807, 2.05) is 0 Å². The second-order valence-corrected chi connectivity index (χ2v) is 6.73. The molecule has 5 nitrogen and oxygen atoms in total. The molecule has 0 aliphatic heterocycles. The Hall–Kier alpha value is -1.88. The van der Waals surface area contributed by atoms with Crippen LogP contribution in [0.15, 0.2) is 29.2 Å². The molecule has 1 N–H and O–H groups in total. The topological polar surface area (TPSA) is 80.7 Å². The molecule has 6 heteroatoms. The maximum absolute atomic E-state index is 12.4. The zero-order chi connectivity index (χ0) is 16.8. The highest BCUT2D eigenvalue weighted by Gasteiger charge is 2.34. The van der Waals surface area contributed by atoms with Gasteiger partial charge in [-0.3, -0.25) is 9.59 Å². The maximum Gasteiger partial charge on any atom is 0.306 e.